The van der Waals surface area contributed by atoms with Crippen LogP contribution in [0.2, 0.25) is 0 Å². The molecule has 17 heteroatoms. The number of carbonyl (C=O) groups excluding carboxylic acids is 3. The van der Waals surface area contributed by atoms with Gasteiger partial charge in [-0.1, -0.05) is 0 Å². The number of carboxylic acid groups (broad SMARTS) is 3. The highest BCUT2D eigenvalue weighted by atomic mass is 32.1. The smallest absolute Gasteiger partial charge is 0.326 e. The van der Waals surface area contributed by atoms with E-state index in [2.05, 4.69) is 33.6 Å². The molecule has 4 atom stereocenters. The molecular formula is C17H29N7O9S. The van der Waals surface area contributed by atoms with Gasteiger partial charge in [0.2, 0.25) is 17.7 Å². The fraction of sp³-hybridized carbons (Fsp3) is 0.588. The van der Waals surface area contributed by atoms with Crippen LogP contribution < -0.4 is 33.2 Å². The summed E-state index contributed by atoms with van der Waals surface area (Å²) in [5.74, 6) is -7.84. The van der Waals surface area contributed by atoms with Gasteiger partial charge in [-0.2, -0.15) is 12.6 Å². The van der Waals surface area contributed by atoms with Crippen LogP contribution in [0.1, 0.15) is 25.7 Å². The fourth-order valence-electron chi connectivity index (χ4n) is 2.44. The molecule has 0 aromatic heterocycles. The number of carbonyl (C=O) groups is 6. The van der Waals surface area contributed by atoms with Crippen molar-refractivity contribution in [3.05, 3.63) is 0 Å². The molecule has 0 aromatic rings. The summed E-state index contributed by atoms with van der Waals surface area (Å²) >= 11 is 3.90. The van der Waals surface area contributed by atoms with E-state index in [1.165, 1.54) is 0 Å². The van der Waals surface area contributed by atoms with Gasteiger partial charge in [0.05, 0.1) is 18.9 Å². The van der Waals surface area contributed by atoms with Crippen molar-refractivity contribution in [2.24, 2.45) is 22.2 Å². The Balaban J connectivity index is 5.27. The molecule has 0 aromatic carbocycles. The lowest BCUT2D eigenvalue weighted by molar-refractivity contribution is -0.143. The zero-order valence-corrected chi connectivity index (χ0v) is 18.9. The number of carboxylic acids is 3. The van der Waals surface area contributed by atoms with E-state index in [-0.39, 0.29) is 31.1 Å². The van der Waals surface area contributed by atoms with Crippen LogP contribution in [0.15, 0.2) is 4.99 Å². The van der Waals surface area contributed by atoms with Crippen molar-refractivity contribution in [3.8, 4) is 0 Å². The first-order valence-corrected chi connectivity index (χ1v) is 10.4. The quantitative estimate of drug-likeness (QED) is 0.0411. The number of nitrogens with zero attached hydrogens (tertiary/aromatic N) is 1. The van der Waals surface area contributed by atoms with Crippen LogP contribution in [0, 0.1) is 0 Å². The maximum absolute atomic E-state index is 12.5. The molecule has 0 spiro atoms. The zero-order chi connectivity index (χ0) is 26.4. The van der Waals surface area contributed by atoms with Crippen molar-refractivity contribution < 1.29 is 44.1 Å². The minimum absolute atomic E-state index is 0.0879. The largest absolute Gasteiger partial charge is 0.481 e. The van der Waals surface area contributed by atoms with Crippen molar-refractivity contribution in [1.29, 1.82) is 0 Å². The minimum Gasteiger partial charge on any atom is -0.481 e. The molecule has 0 fully saturated rings. The maximum atomic E-state index is 12.5. The Bertz CT molecular complexity index is 804. The van der Waals surface area contributed by atoms with Crippen LogP contribution >= 0.6 is 12.6 Å². The number of guanidine groups is 1. The van der Waals surface area contributed by atoms with Gasteiger partial charge < -0.3 is 48.5 Å². The molecule has 0 aliphatic carbocycles. The van der Waals surface area contributed by atoms with E-state index in [0.29, 0.717) is 0 Å². The Hall–Kier alpha value is -3.60. The average Bonchev–Trinajstić information content (AvgIpc) is 2.71. The Morgan fingerprint density at radius 2 is 1.29 bits per heavy atom. The molecule has 192 valence electrons. The molecule has 0 rings (SSSR count). The summed E-state index contributed by atoms with van der Waals surface area (Å²) in [6, 6.07) is -5.99. The molecule has 34 heavy (non-hydrogen) atoms. The number of nitrogens with one attached hydrogen (secondary N) is 3. The third kappa shape index (κ3) is 12.4. The molecule has 0 saturated heterocycles. The Morgan fingerprint density at radius 1 is 0.794 bits per heavy atom. The van der Waals surface area contributed by atoms with E-state index < -0.39 is 72.6 Å². The van der Waals surface area contributed by atoms with Crippen LogP contribution in [0.3, 0.4) is 0 Å². The van der Waals surface area contributed by atoms with Crippen LogP contribution in [-0.2, 0) is 28.8 Å². The summed E-state index contributed by atoms with van der Waals surface area (Å²) in [6.45, 7) is 0.0879. The SMILES string of the molecule is NC(N)=NCCCC(NC(=O)C(CC(=O)O)NC(=O)C(CS)NC(=O)C(N)CC(=O)O)C(=O)O. The number of aliphatic imine (C=N–C) groups is 1. The van der Waals surface area contributed by atoms with Crippen molar-refractivity contribution in [2.75, 3.05) is 12.3 Å². The Morgan fingerprint density at radius 3 is 1.76 bits per heavy atom. The molecule has 0 heterocycles. The highest BCUT2D eigenvalue weighted by Crippen LogP contribution is 2.03. The predicted molar refractivity (Wildman–Crippen MR) is 120 cm³/mol. The maximum Gasteiger partial charge on any atom is 0.326 e. The molecule has 0 bridgehead atoms. The monoisotopic (exact) mass is 507 g/mol. The first kappa shape index (κ1) is 30.4. The van der Waals surface area contributed by atoms with Gasteiger partial charge in [0.25, 0.3) is 0 Å². The summed E-state index contributed by atoms with van der Waals surface area (Å²) in [5.41, 5.74) is 15.8. The number of hydrogen-bond donors (Lipinski definition) is 10. The van der Waals surface area contributed by atoms with Gasteiger partial charge >= 0.3 is 17.9 Å². The van der Waals surface area contributed by atoms with E-state index in [0.717, 1.165) is 0 Å². The second kappa shape index (κ2) is 15.3. The number of aliphatic carboxylic acids is 3. The van der Waals surface area contributed by atoms with Gasteiger partial charge in [0, 0.05) is 12.3 Å². The molecular weight excluding hydrogens is 478 g/mol. The Labute approximate surface area is 199 Å². The first-order valence-electron chi connectivity index (χ1n) is 9.77. The van der Waals surface area contributed by atoms with Crippen molar-refractivity contribution in [2.45, 2.75) is 49.9 Å². The lowest BCUT2D eigenvalue weighted by atomic mass is 10.1. The van der Waals surface area contributed by atoms with Crippen LogP contribution in [-0.4, -0.2) is 93.4 Å². The Kier molecular flexibility index (Phi) is 13.7. The van der Waals surface area contributed by atoms with E-state index in [1.807, 2.05) is 0 Å². The third-order valence-electron chi connectivity index (χ3n) is 4.12. The van der Waals surface area contributed by atoms with Crippen molar-refractivity contribution in [1.82, 2.24) is 16.0 Å². The number of nitrogens with two attached hydrogens (primary N) is 3. The number of thiol groups is 1. The molecule has 0 aliphatic rings. The van der Waals surface area contributed by atoms with Crippen LogP contribution in [0.4, 0.5) is 0 Å². The second-order valence-corrected chi connectivity index (χ2v) is 7.32. The molecule has 0 aliphatic heterocycles. The topological polar surface area (TPSA) is 290 Å². The molecule has 4 unspecified atom stereocenters. The lowest BCUT2D eigenvalue weighted by Gasteiger charge is -2.23. The average molecular weight is 508 g/mol. The fourth-order valence-corrected chi connectivity index (χ4v) is 2.70. The van der Waals surface area contributed by atoms with E-state index >= 15 is 0 Å². The van der Waals surface area contributed by atoms with Gasteiger partial charge in [-0.05, 0) is 12.8 Å². The van der Waals surface area contributed by atoms with Crippen molar-refractivity contribution >= 4 is 54.2 Å². The molecule has 0 saturated carbocycles. The van der Waals surface area contributed by atoms with Gasteiger partial charge in [-0.15, -0.1) is 0 Å². The van der Waals surface area contributed by atoms with Gasteiger partial charge in [-0.25, -0.2) is 4.79 Å². The lowest BCUT2D eigenvalue weighted by Crippen LogP contribution is -2.58. The van der Waals surface area contributed by atoms with Crippen molar-refractivity contribution in [3.63, 3.8) is 0 Å². The molecule has 16 nitrogen and oxygen atoms in total. The summed E-state index contributed by atoms with van der Waals surface area (Å²) < 4.78 is 0. The van der Waals surface area contributed by atoms with E-state index in [4.69, 9.17) is 27.4 Å². The standard InChI is InChI=1S/C17H29N7O9S/c18-7(4-11(25)26)13(29)24-10(6-34)15(31)23-9(5-12(27)28)14(30)22-8(16(32)33)2-1-3-21-17(19)20/h7-10,34H,1-6,18H2,(H,22,30)(H,23,31)(H,24,29)(H,25,26)(H,27,28)(H,32,33)(H4,19,20,21). The summed E-state index contributed by atoms with van der Waals surface area (Å²) in [4.78, 5) is 73.9. The summed E-state index contributed by atoms with van der Waals surface area (Å²) in [6.07, 6.45) is -1.53. The number of amides is 3. The minimum atomic E-state index is -1.70. The van der Waals surface area contributed by atoms with Crippen LogP contribution in [0.25, 0.3) is 0 Å². The highest BCUT2D eigenvalue weighted by molar-refractivity contribution is 7.80. The molecule has 3 amide bonds. The predicted octanol–water partition coefficient (Wildman–Crippen LogP) is -4.21. The second-order valence-electron chi connectivity index (χ2n) is 6.96. The van der Waals surface area contributed by atoms with Gasteiger partial charge in [-0.3, -0.25) is 29.0 Å². The normalized spacial score (nSPS) is 13.9. The van der Waals surface area contributed by atoms with Gasteiger partial charge in [0.1, 0.15) is 18.1 Å². The highest BCUT2D eigenvalue weighted by Gasteiger charge is 2.31. The van der Waals surface area contributed by atoms with E-state index in [1.54, 1.807) is 0 Å². The molecule has 12 N–H and O–H groups in total. The number of rotatable bonds is 16. The summed E-state index contributed by atoms with van der Waals surface area (Å²) in [7, 11) is 0. The summed E-state index contributed by atoms with van der Waals surface area (Å²) in [5, 5.41) is 33.5. The first-order chi connectivity index (χ1) is 15.8. The third-order valence-corrected chi connectivity index (χ3v) is 4.48. The molecule has 0 radical (unpaired) electrons. The number of hydrogen-bond acceptors (Lipinski definition) is 9. The zero-order valence-electron chi connectivity index (χ0n) is 18.0. The van der Waals surface area contributed by atoms with Crippen LogP contribution in [0.5, 0.6) is 0 Å². The van der Waals surface area contributed by atoms with Gasteiger partial charge in [0.15, 0.2) is 5.96 Å². The van der Waals surface area contributed by atoms with E-state index in [9.17, 15) is 33.9 Å².